The van der Waals surface area contributed by atoms with Crippen LogP contribution in [-0.4, -0.2) is 15.0 Å². The molecule has 5 heteroatoms. The van der Waals surface area contributed by atoms with Crippen LogP contribution in [0.5, 0.6) is 0 Å². The number of hydrogen-bond acceptors (Lipinski definition) is 4. The quantitative estimate of drug-likeness (QED) is 0.214. The summed E-state index contributed by atoms with van der Waals surface area (Å²) in [5.41, 5.74) is 4.43. The Hall–Kier alpha value is -5.32. The molecule has 0 aliphatic carbocycles. The van der Waals surface area contributed by atoms with E-state index in [2.05, 4.69) is 30.3 Å². The molecule has 0 saturated heterocycles. The molecule has 6 aromatic carbocycles. The third-order valence-electron chi connectivity index (χ3n) is 7.28. The standard InChI is InChI=1S/C37H22ClN3O/c38-29-18-19-30-33(22-29)42-32-13-7-12-31(34(30)32)37-40-35(24-10-5-2-6-11-24)39-36(41-37)28-17-16-26-20-25(14-15-27(26)21-28)23-8-3-1-4-9-23/h1-22H/i12D,13D,18D,22D. The van der Waals surface area contributed by atoms with Gasteiger partial charge in [-0.1, -0.05) is 109 Å². The second-order valence-corrected chi connectivity index (χ2v) is 10.3. The van der Waals surface area contributed by atoms with Crippen molar-refractivity contribution in [3.8, 4) is 45.3 Å². The van der Waals surface area contributed by atoms with Gasteiger partial charge in [0.25, 0.3) is 0 Å². The Morgan fingerprint density at radius 1 is 0.548 bits per heavy atom. The van der Waals surface area contributed by atoms with Gasteiger partial charge in [0.1, 0.15) is 11.2 Å². The maximum atomic E-state index is 8.96. The molecule has 8 rings (SSSR count). The van der Waals surface area contributed by atoms with Crippen LogP contribution in [0.1, 0.15) is 5.48 Å². The fourth-order valence-electron chi connectivity index (χ4n) is 5.25. The highest BCUT2D eigenvalue weighted by atomic mass is 35.5. The lowest BCUT2D eigenvalue weighted by Crippen LogP contribution is -2.00. The predicted molar refractivity (Wildman–Crippen MR) is 171 cm³/mol. The lowest BCUT2D eigenvalue weighted by molar-refractivity contribution is 0.669. The number of furan rings is 1. The minimum absolute atomic E-state index is 0.0105. The Morgan fingerprint density at radius 2 is 1.19 bits per heavy atom. The molecule has 42 heavy (non-hydrogen) atoms. The summed E-state index contributed by atoms with van der Waals surface area (Å²) < 4.78 is 40.3. The summed E-state index contributed by atoms with van der Waals surface area (Å²) in [7, 11) is 0. The molecule has 2 aromatic heterocycles. The number of aromatic nitrogens is 3. The Bertz CT molecular complexity index is 2480. The number of hydrogen-bond donors (Lipinski definition) is 0. The molecule has 0 amide bonds. The van der Waals surface area contributed by atoms with Crippen LogP contribution < -0.4 is 0 Å². The first-order valence-corrected chi connectivity index (χ1v) is 13.8. The number of nitrogens with zero attached hydrogens (tertiary/aromatic N) is 3. The molecule has 0 atom stereocenters. The maximum absolute atomic E-state index is 8.96. The molecule has 8 aromatic rings. The predicted octanol–water partition coefficient (Wildman–Crippen LogP) is 10.2. The van der Waals surface area contributed by atoms with Crippen LogP contribution in [0.3, 0.4) is 0 Å². The average Bonchev–Trinajstić information content (AvgIpc) is 3.47. The van der Waals surface area contributed by atoms with Crippen molar-refractivity contribution in [3.05, 3.63) is 138 Å². The molecular weight excluding hydrogens is 538 g/mol. The van der Waals surface area contributed by atoms with Crippen LogP contribution in [0.25, 0.3) is 78.0 Å². The number of benzene rings is 6. The minimum Gasteiger partial charge on any atom is -0.456 e. The van der Waals surface area contributed by atoms with Crippen molar-refractivity contribution in [2.24, 2.45) is 0 Å². The van der Waals surface area contributed by atoms with Gasteiger partial charge < -0.3 is 4.42 Å². The molecule has 2 heterocycles. The van der Waals surface area contributed by atoms with Crippen molar-refractivity contribution < 1.29 is 9.90 Å². The Labute approximate surface area is 252 Å². The molecule has 0 aliphatic rings. The summed E-state index contributed by atoms with van der Waals surface area (Å²) in [5, 5.41) is 2.83. The van der Waals surface area contributed by atoms with Gasteiger partial charge >= 0.3 is 0 Å². The molecule has 0 saturated carbocycles. The van der Waals surface area contributed by atoms with Crippen LogP contribution in [0.4, 0.5) is 0 Å². The highest BCUT2D eigenvalue weighted by Gasteiger charge is 2.18. The first-order valence-electron chi connectivity index (χ1n) is 15.4. The maximum Gasteiger partial charge on any atom is 0.164 e. The first kappa shape index (κ1) is 20.5. The van der Waals surface area contributed by atoms with Gasteiger partial charge in [0, 0.05) is 38.5 Å². The summed E-state index contributed by atoms with van der Waals surface area (Å²) in [6.45, 7) is 0. The molecule has 0 spiro atoms. The van der Waals surface area contributed by atoms with E-state index in [1.807, 2.05) is 66.7 Å². The minimum atomic E-state index is -0.148. The van der Waals surface area contributed by atoms with Crippen molar-refractivity contribution in [3.63, 3.8) is 0 Å². The van der Waals surface area contributed by atoms with Crippen molar-refractivity contribution in [1.82, 2.24) is 15.0 Å². The Morgan fingerprint density at radius 3 is 1.95 bits per heavy atom. The van der Waals surface area contributed by atoms with Gasteiger partial charge in [-0.2, -0.15) is 0 Å². The number of rotatable bonds is 4. The molecule has 0 aliphatic heterocycles. The van der Waals surface area contributed by atoms with E-state index in [9.17, 15) is 0 Å². The topological polar surface area (TPSA) is 51.8 Å². The fraction of sp³-hybridized carbons (Fsp3) is 0. The zero-order chi connectivity index (χ0) is 31.5. The SMILES string of the molecule is [2H]c1cc2c(oc3c([2H])cc([2H])c(-c4nc(-c5ccccc5)nc(-c5ccc6cc(-c7ccccc7)ccc6c5)n4)c32)c([2H])c1Cl. The Balaban J connectivity index is 1.37. The van der Waals surface area contributed by atoms with Gasteiger partial charge in [-0.3, -0.25) is 0 Å². The summed E-state index contributed by atoms with van der Waals surface area (Å²) in [4.78, 5) is 14.6. The van der Waals surface area contributed by atoms with E-state index >= 15 is 0 Å². The van der Waals surface area contributed by atoms with Crippen LogP contribution >= 0.6 is 11.6 Å². The van der Waals surface area contributed by atoms with E-state index in [4.69, 9.17) is 36.5 Å². The first-order chi connectivity index (χ1) is 22.4. The van der Waals surface area contributed by atoms with Crippen LogP contribution in [0.2, 0.25) is 5.02 Å². The summed E-state index contributed by atoms with van der Waals surface area (Å²) in [6.07, 6.45) is 0. The van der Waals surface area contributed by atoms with Crippen molar-refractivity contribution in [1.29, 1.82) is 0 Å². The Kier molecular flexibility index (Phi) is 4.86. The number of halogens is 1. The average molecular weight is 564 g/mol. The van der Waals surface area contributed by atoms with Gasteiger partial charge in [-0.15, -0.1) is 0 Å². The highest BCUT2D eigenvalue weighted by molar-refractivity contribution is 6.31. The molecule has 0 bridgehead atoms. The lowest BCUT2D eigenvalue weighted by Gasteiger charge is -2.10. The summed E-state index contributed by atoms with van der Waals surface area (Å²) in [5.74, 6) is 1.05. The second-order valence-electron chi connectivity index (χ2n) is 9.90. The van der Waals surface area contributed by atoms with Gasteiger partial charge in [-0.05, 0) is 52.2 Å². The second kappa shape index (κ2) is 9.95. The highest BCUT2D eigenvalue weighted by Crippen LogP contribution is 2.37. The molecule has 198 valence electrons. The molecular formula is C37H22ClN3O. The van der Waals surface area contributed by atoms with Crippen LogP contribution in [0.15, 0.2) is 138 Å². The van der Waals surface area contributed by atoms with E-state index in [1.165, 1.54) is 12.1 Å². The van der Waals surface area contributed by atoms with E-state index in [0.29, 0.717) is 28.0 Å². The van der Waals surface area contributed by atoms with Crippen molar-refractivity contribution in [2.45, 2.75) is 0 Å². The lowest BCUT2D eigenvalue weighted by atomic mass is 10.00. The molecule has 0 unspecified atom stereocenters. The fourth-order valence-corrected chi connectivity index (χ4v) is 5.39. The zero-order valence-electron chi connectivity index (χ0n) is 26.0. The van der Waals surface area contributed by atoms with E-state index < -0.39 is 0 Å². The van der Waals surface area contributed by atoms with Gasteiger partial charge in [0.2, 0.25) is 0 Å². The van der Waals surface area contributed by atoms with E-state index in [0.717, 1.165) is 33.0 Å². The van der Waals surface area contributed by atoms with Crippen molar-refractivity contribution >= 4 is 44.3 Å². The van der Waals surface area contributed by atoms with E-state index in [-0.39, 0.29) is 46.2 Å². The van der Waals surface area contributed by atoms with Crippen LogP contribution in [-0.2, 0) is 0 Å². The van der Waals surface area contributed by atoms with Crippen LogP contribution in [0, 0.1) is 0 Å². The van der Waals surface area contributed by atoms with Crippen molar-refractivity contribution in [2.75, 3.05) is 0 Å². The third kappa shape index (κ3) is 4.30. The zero-order valence-corrected chi connectivity index (χ0v) is 22.8. The number of fused-ring (bicyclic) bond motifs is 4. The van der Waals surface area contributed by atoms with Gasteiger partial charge in [0.05, 0.1) is 5.48 Å². The summed E-state index contributed by atoms with van der Waals surface area (Å²) >= 11 is 6.22. The monoisotopic (exact) mass is 563 g/mol. The molecule has 4 nitrogen and oxygen atoms in total. The smallest absolute Gasteiger partial charge is 0.164 e. The molecule has 0 radical (unpaired) electrons. The molecule has 0 N–H and O–H groups in total. The van der Waals surface area contributed by atoms with Gasteiger partial charge in [-0.25, -0.2) is 15.0 Å². The molecule has 0 fully saturated rings. The summed E-state index contributed by atoms with van der Waals surface area (Å²) in [6, 6.07) is 34.8. The third-order valence-corrected chi connectivity index (χ3v) is 7.48. The normalized spacial score (nSPS) is 12.8. The largest absolute Gasteiger partial charge is 0.456 e. The van der Waals surface area contributed by atoms with E-state index in [1.54, 1.807) is 0 Å². The van der Waals surface area contributed by atoms with Gasteiger partial charge in [0.15, 0.2) is 17.5 Å².